The number of morpholine rings is 1. The highest BCUT2D eigenvalue weighted by molar-refractivity contribution is 7.89. The number of nitrogens with one attached hydrogen (secondary N) is 1. The molecule has 0 aromatic heterocycles. The van der Waals surface area contributed by atoms with E-state index in [-0.39, 0.29) is 56.6 Å². The SMILES string of the molecule is CC(C)CN(C[C@@H](O)[C@H](Cc1ccccc1)NS(=O)(=O)N1CCOCC1)S(=O)(=O)c1ccc(N)cc1. The molecule has 0 aliphatic carbocycles. The number of hydrogen-bond acceptors (Lipinski definition) is 7. The third-order valence-corrected chi connectivity index (χ3v) is 9.34. The maximum Gasteiger partial charge on any atom is 0.279 e. The Morgan fingerprint density at radius 1 is 1.00 bits per heavy atom. The molecular formula is C24H36N4O6S2. The van der Waals surface area contributed by atoms with Gasteiger partial charge in [-0.25, -0.2) is 8.42 Å². The van der Waals surface area contributed by atoms with Crippen molar-refractivity contribution in [2.45, 2.75) is 37.3 Å². The molecule has 1 heterocycles. The second-order valence-corrected chi connectivity index (χ2v) is 12.9. The van der Waals surface area contributed by atoms with Gasteiger partial charge in [0.05, 0.1) is 30.3 Å². The van der Waals surface area contributed by atoms with Crippen molar-refractivity contribution >= 4 is 25.9 Å². The van der Waals surface area contributed by atoms with Crippen LogP contribution in [0.2, 0.25) is 0 Å². The van der Waals surface area contributed by atoms with E-state index in [4.69, 9.17) is 10.5 Å². The van der Waals surface area contributed by atoms with E-state index in [0.29, 0.717) is 5.69 Å². The van der Waals surface area contributed by atoms with Gasteiger partial charge in [-0.2, -0.15) is 21.8 Å². The molecule has 0 unspecified atom stereocenters. The van der Waals surface area contributed by atoms with E-state index in [9.17, 15) is 21.9 Å². The van der Waals surface area contributed by atoms with Gasteiger partial charge in [0.2, 0.25) is 10.0 Å². The normalized spacial score (nSPS) is 17.4. The molecule has 12 heteroatoms. The maximum absolute atomic E-state index is 13.4. The van der Waals surface area contributed by atoms with Crippen LogP contribution < -0.4 is 10.5 Å². The van der Waals surface area contributed by atoms with E-state index in [1.807, 2.05) is 44.2 Å². The van der Waals surface area contributed by atoms with Crippen molar-refractivity contribution in [2.75, 3.05) is 45.1 Å². The molecule has 2 aromatic carbocycles. The number of aliphatic hydroxyl groups is 1. The van der Waals surface area contributed by atoms with Gasteiger partial charge >= 0.3 is 0 Å². The molecule has 1 aliphatic rings. The minimum Gasteiger partial charge on any atom is -0.399 e. The van der Waals surface area contributed by atoms with E-state index in [1.165, 1.54) is 32.9 Å². The summed E-state index contributed by atoms with van der Waals surface area (Å²) in [5.74, 6) is -0.0293. The van der Waals surface area contributed by atoms with Crippen molar-refractivity contribution in [3.8, 4) is 0 Å². The number of sulfonamides is 1. The molecular weight excluding hydrogens is 504 g/mol. The Labute approximate surface area is 214 Å². The Kier molecular flexibility index (Phi) is 9.86. The molecule has 1 fully saturated rings. The molecule has 2 aromatic rings. The predicted octanol–water partition coefficient (Wildman–Crippen LogP) is 1.05. The van der Waals surface area contributed by atoms with E-state index in [2.05, 4.69) is 4.72 Å². The standard InChI is InChI=1S/C24H36N4O6S2/c1-19(2)17-28(35(30,31)22-10-8-21(25)9-11-22)18-24(29)23(16-20-6-4-3-5-7-20)26-36(32,33)27-12-14-34-15-13-27/h3-11,19,23-24,26,29H,12-18,25H2,1-2H3/t23-,24+/m0/s1. The number of hydrogen-bond donors (Lipinski definition) is 3. The molecule has 0 spiro atoms. The summed E-state index contributed by atoms with van der Waals surface area (Å²) in [6.07, 6.45) is -1.13. The number of nitrogens with zero attached hydrogens (tertiary/aromatic N) is 2. The fourth-order valence-electron chi connectivity index (χ4n) is 3.98. The highest BCUT2D eigenvalue weighted by Crippen LogP contribution is 2.20. The fourth-order valence-corrected chi connectivity index (χ4v) is 7.00. The quantitative estimate of drug-likeness (QED) is 0.342. The van der Waals surface area contributed by atoms with Crippen LogP contribution in [0.15, 0.2) is 59.5 Å². The second kappa shape index (κ2) is 12.5. The summed E-state index contributed by atoms with van der Waals surface area (Å²) in [7, 11) is -7.90. The lowest BCUT2D eigenvalue weighted by Crippen LogP contribution is -2.55. The first-order valence-corrected chi connectivity index (χ1v) is 14.8. The number of anilines is 1. The largest absolute Gasteiger partial charge is 0.399 e. The van der Waals surface area contributed by atoms with Gasteiger partial charge < -0.3 is 15.6 Å². The highest BCUT2D eigenvalue weighted by atomic mass is 32.2. The summed E-state index contributed by atoms with van der Waals surface area (Å²) in [4.78, 5) is 0.0538. The van der Waals surface area contributed by atoms with Crippen LogP contribution in [-0.2, 0) is 31.4 Å². The number of nitrogen functional groups attached to an aromatic ring is 1. The lowest BCUT2D eigenvalue weighted by atomic mass is 10.0. The molecule has 4 N–H and O–H groups in total. The average Bonchev–Trinajstić information content (AvgIpc) is 2.84. The third kappa shape index (κ3) is 7.72. The Morgan fingerprint density at radius 3 is 2.19 bits per heavy atom. The predicted molar refractivity (Wildman–Crippen MR) is 139 cm³/mol. The summed E-state index contributed by atoms with van der Waals surface area (Å²) >= 11 is 0. The molecule has 0 radical (unpaired) electrons. The van der Waals surface area contributed by atoms with Gasteiger partial charge in [0, 0.05) is 31.9 Å². The van der Waals surface area contributed by atoms with E-state index in [1.54, 1.807) is 0 Å². The van der Waals surface area contributed by atoms with Gasteiger partial charge in [-0.3, -0.25) is 0 Å². The molecule has 2 atom stereocenters. The number of nitrogens with two attached hydrogens (primary N) is 1. The monoisotopic (exact) mass is 540 g/mol. The van der Waals surface area contributed by atoms with Crippen LogP contribution in [-0.4, -0.2) is 82.1 Å². The topological polar surface area (TPSA) is 142 Å². The third-order valence-electron chi connectivity index (χ3n) is 5.85. The Hall–Kier alpha value is -2.06. The maximum atomic E-state index is 13.4. The zero-order valence-electron chi connectivity index (χ0n) is 20.7. The van der Waals surface area contributed by atoms with Crippen LogP contribution >= 0.6 is 0 Å². The number of benzene rings is 2. The van der Waals surface area contributed by atoms with Crippen LogP contribution in [0, 0.1) is 5.92 Å². The van der Waals surface area contributed by atoms with Crippen molar-refractivity contribution in [3.63, 3.8) is 0 Å². The van der Waals surface area contributed by atoms with Gasteiger partial charge in [0.15, 0.2) is 0 Å². The molecule has 1 aliphatic heterocycles. The average molecular weight is 541 g/mol. The van der Waals surface area contributed by atoms with Crippen LogP contribution in [0.1, 0.15) is 19.4 Å². The minimum atomic E-state index is -3.96. The van der Waals surface area contributed by atoms with Gasteiger partial charge in [-0.05, 0) is 42.2 Å². The Bertz CT molecular complexity index is 1170. The van der Waals surface area contributed by atoms with Gasteiger partial charge in [-0.1, -0.05) is 44.2 Å². The van der Waals surface area contributed by atoms with Crippen LogP contribution in [0.5, 0.6) is 0 Å². The molecule has 3 rings (SSSR count). The van der Waals surface area contributed by atoms with Gasteiger partial charge in [-0.15, -0.1) is 0 Å². The molecule has 36 heavy (non-hydrogen) atoms. The zero-order valence-corrected chi connectivity index (χ0v) is 22.3. The summed E-state index contributed by atoms with van der Waals surface area (Å²) in [6, 6.07) is 14.1. The number of ether oxygens (including phenoxy) is 1. The Balaban J connectivity index is 1.88. The fraction of sp³-hybridized carbons (Fsp3) is 0.500. The first-order chi connectivity index (χ1) is 17.0. The minimum absolute atomic E-state index is 0.0293. The molecule has 1 saturated heterocycles. The summed E-state index contributed by atoms with van der Waals surface area (Å²) in [5.41, 5.74) is 6.96. The van der Waals surface area contributed by atoms with Crippen molar-refractivity contribution in [3.05, 3.63) is 60.2 Å². The lowest BCUT2D eigenvalue weighted by Gasteiger charge is -2.33. The molecule has 0 amide bonds. The molecule has 200 valence electrons. The first kappa shape index (κ1) is 28.5. The summed E-state index contributed by atoms with van der Waals surface area (Å²) in [5, 5.41) is 11.3. The molecule has 0 saturated carbocycles. The van der Waals surface area contributed by atoms with Gasteiger partial charge in [0.25, 0.3) is 10.2 Å². The summed E-state index contributed by atoms with van der Waals surface area (Å²) < 4.78 is 63.5. The van der Waals surface area contributed by atoms with Crippen molar-refractivity contribution in [2.24, 2.45) is 5.92 Å². The van der Waals surface area contributed by atoms with E-state index >= 15 is 0 Å². The lowest BCUT2D eigenvalue weighted by molar-refractivity contribution is 0.0708. The number of aliphatic hydroxyl groups excluding tert-OH is 1. The molecule has 0 bridgehead atoms. The second-order valence-electron chi connectivity index (χ2n) is 9.28. The van der Waals surface area contributed by atoms with Crippen molar-refractivity contribution in [1.82, 2.24) is 13.3 Å². The van der Waals surface area contributed by atoms with E-state index < -0.39 is 32.4 Å². The van der Waals surface area contributed by atoms with Crippen LogP contribution in [0.25, 0.3) is 0 Å². The zero-order chi connectivity index (χ0) is 26.3. The Morgan fingerprint density at radius 2 is 1.61 bits per heavy atom. The first-order valence-electron chi connectivity index (χ1n) is 11.9. The number of rotatable bonds is 12. The summed E-state index contributed by atoms with van der Waals surface area (Å²) in [6.45, 7) is 4.60. The van der Waals surface area contributed by atoms with Crippen molar-refractivity contribution in [1.29, 1.82) is 0 Å². The van der Waals surface area contributed by atoms with Crippen molar-refractivity contribution < 1.29 is 26.7 Å². The van der Waals surface area contributed by atoms with E-state index in [0.717, 1.165) is 5.56 Å². The molecule has 10 nitrogen and oxygen atoms in total. The smallest absolute Gasteiger partial charge is 0.279 e. The van der Waals surface area contributed by atoms with Crippen LogP contribution in [0.3, 0.4) is 0 Å². The highest BCUT2D eigenvalue weighted by Gasteiger charge is 2.34. The van der Waals surface area contributed by atoms with Gasteiger partial charge in [0.1, 0.15) is 0 Å². The van der Waals surface area contributed by atoms with Crippen LogP contribution in [0.4, 0.5) is 5.69 Å².